The van der Waals surface area contributed by atoms with Crippen LogP contribution >= 0.6 is 12.2 Å². The van der Waals surface area contributed by atoms with E-state index in [1.165, 1.54) is 6.07 Å². The quantitative estimate of drug-likeness (QED) is 0.782. The van der Waals surface area contributed by atoms with Crippen molar-refractivity contribution in [1.29, 1.82) is 0 Å². The number of rotatable bonds is 4. The second-order valence-corrected chi connectivity index (χ2v) is 9.53. The van der Waals surface area contributed by atoms with Crippen molar-refractivity contribution in [3.8, 4) is 0 Å². The summed E-state index contributed by atoms with van der Waals surface area (Å²) in [6.07, 6.45) is 0.590. The van der Waals surface area contributed by atoms with Crippen LogP contribution in [0.2, 0.25) is 0 Å². The van der Waals surface area contributed by atoms with E-state index in [0.717, 1.165) is 17.0 Å². The first-order valence-corrected chi connectivity index (χ1v) is 10.9. The van der Waals surface area contributed by atoms with Gasteiger partial charge in [-0.2, -0.15) is 5.10 Å². The largest absolute Gasteiger partial charge is 0.348 e. The van der Waals surface area contributed by atoms with E-state index in [1.54, 1.807) is 18.2 Å². The van der Waals surface area contributed by atoms with Crippen LogP contribution in [-0.2, 0) is 16.4 Å². The van der Waals surface area contributed by atoms with Gasteiger partial charge in [0.1, 0.15) is 5.82 Å². The third kappa shape index (κ3) is 4.30. The van der Waals surface area contributed by atoms with E-state index in [0.29, 0.717) is 23.8 Å². The van der Waals surface area contributed by atoms with Crippen molar-refractivity contribution >= 4 is 32.9 Å². The number of para-hydroxylation sites is 1. The molecule has 1 N–H and O–H groups in total. The summed E-state index contributed by atoms with van der Waals surface area (Å²) in [5.74, 6) is -0.0183. The molecule has 1 fully saturated rings. The fraction of sp³-hybridized carbons (Fsp3) is 0.444. The minimum absolute atomic E-state index is 0.115. The van der Waals surface area contributed by atoms with Crippen LogP contribution in [0.4, 0.5) is 10.1 Å². The second-order valence-electron chi connectivity index (χ2n) is 6.92. The molecule has 0 bridgehead atoms. The lowest BCUT2D eigenvalue weighted by molar-refractivity contribution is 0.479. The highest BCUT2D eigenvalue weighted by atomic mass is 32.2. The van der Waals surface area contributed by atoms with Crippen LogP contribution in [0.1, 0.15) is 29.4 Å². The Kier molecular flexibility index (Phi) is 5.53. The van der Waals surface area contributed by atoms with Crippen LogP contribution in [0.5, 0.6) is 0 Å². The Hall–Kier alpha value is -2.00. The summed E-state index contributed by atoms with van der Waals surface area (Å²) in [4.78, 5) is 1.81. The maximum absolute atomic E-state index is 13.8. The standard InChI is InChI=1S/C18H23FN4O2S2/c1-12-15(13(2)23(21-12)14-8-9-27(24,25)11-14)10-22(3)18(26)20-17-7-5-4-6-16(17)19/h4-7,14H,8-11H2,1-3H3,(H,20,26)/t14-/m1/s1. The monoisotopic (exact) mass is 410 g/mol. The lowest BCUT2D eigenvalue weighted by Crippen LogP contribution is -2.31. The summed E-state index contributed by atoms with van der Waals surface area (Å²) in [5.41, 5.74) is 3.11. The first-order chi connectivity index (χ1) is 12.7. The molecule has 9 heteroatoms. The number of aromatic nitrogens is 2. The summed E-state index contributed by atoms with van der Waals surface area (Å²) >= 11 is 5.39. The molecule has 1 atom stereocenters. The normalized spacial score (nSPS) is 18.4. The number of halogens is 1. The number of anilines is 1. The van der Waals surface area contributed by atoms with Gasteiger partial charge in [0.05, 0.1) is 28.9 Å². The summed E-state index contributed by atoms with van der Waals surface area (Å²) in [6.45, 7) is 4.35. The number of sulfone groups is 1. The number of nitrogens with zero attached hydrogens (tertiary/aromatic N) is 3. The maximum Gasteiger partial charge on any atom is 0.173 e. The highest BCUT2D eigenvalue weighted by molar-refractivity contribution is 7.91. The average molecular weight is 411 g/mol. The minimum Gasteiger partial charge on any atom is -0.348 e. The first-order valence-electron chi connectivity index (χ1n) is 8.69. The van der Waals surface area contributed by atoms with Crippen molar-refractivity contribution in [2.75, 3.05) is 23.9 Å². The fourth-order valence-corrected chi connectivity index (χ4v) is 5.20. The Morgan fingerprint density at radius 3 is 2.74 bits per heavy atom. The van der Waals surface area contributed by atoms with E-state index in [1.807, 2.05) is 30.5 Å². The van der Waals surface area contributed by atoms with Gasteiger partial charge in [0, 0.05) is 24.8 Å². The zero-order valence-electron chi connectivity index (χ0n) is 15.6. The van der Waals surface area contributed by atoms with Gasteiger partial charge < -0.3 is 10.2 Å². The van der Waals surface area contributed by atoms with Crippen LogP contribution in [0.3, 0.4) is 0 Å². The lowest BCUT2D eigenvalue weighted by Gasteiger charge is -2.22. The highest BCUT2D eigenvalue weighted by Crippen LogP contribution is 2.27. The lowest BCUT2D eigenvalue weighted by atomic mass is 10.2. The molecular formula is C18H23FN4O2S2. The van der Waals surface area contributed by atoms with E-state index in [4.69, 9.17) is 12.2 Å². The molecular weight excluding hydrogens is 387 g/mol. The Bertz CT molecular complexity index is 972. The molecule has 0 unspecified atom stereocenters. The predicted octanol–water partition coefficient (Wildman–Crippen LogP) is 2.83. The molecule has 1 aliphatic heterocycles. The second kappa shape index (κ2) is 7.55. The molecule has 0 saturated carbocycles. The Morgan fingerprint density at radius 2 is 2.11 bits per heavy atom. The van der Waals surface area contributed by atoms with Crippen molar-refractivity contribution < 1.29 is 12.8 Å². The smallest absolute Gasteiger partial charge is 0.173 e. The van der Waals surface area contributed by atoms with Crippen molar-refractivity contribution in [2.24, 2.45) is 0 Å². The fourth-order valence-electron chi connectivity index (χ4n) is 3.33. The molecule has 0 spiro atoms. The molecule has 146 valence electrons. The average Bonchev–Trinajstić information content (AvgIpc) is 3.10. The minimum atomic E-state index is -2.98. The van der Waals surface area contributed by atoms with Crippen LogP contribution in [0.25, 0.3) is 0 Å². The topological polar surface area (TPSA) is 67.2 Å². The van der Waals surface area contributed by atoms with E-state index >= 15 is 0 Å². The molecule has 27 heavy (non-hydrogen) atoms. The number of benzene rings is 1. The van der Waals surface area contributed by atoms with Gasteiger partial charge in [-0.05, 0) is 44.6 Å². The van der Waals surface area contributed by atoms with Crippen LogP contribution < -0.4 is 5.32 Å². The number of aryl methyl sites for hydroxylation is 1. The number of thiocarbonyl (C=S) groups is 1. The van der Waals surface area contributed by atoms with Crippen molar-refractivity contribution in [3.63, 3.8) is 0 Å². The highest BCUT2D eigenvalue weighted by Gasteiger charge is 2.31. The molecule has 0 aliphatic carbocycles. The molecule has 2 aromatic rings. The van der Waals surface area contributed by atoms with Crippen LogP contribution in [0, 0.1) is 19.7 Å². The van der Waals surface area contributed by atoms with E-state index in [-0.39, 0.29) is 23.4 Å². The van der Waals surface area contributed by atoms with Gasteiger partial charge in [-0.1, -0.05) is 12.1 Å². The summed E-state index contributed by atoms with van der Waals surface area (Å²) in [6, 6.07) is 6.25. The summed E-state index contributed by atoms with van der Waals surface area (Å²) in [7, 11) is -1.15. The Balaban J connectivity index is 1.73. The Morgan fingerprint density at radius 1 is 1.41 bits per heavy atom. The SMILES string of the molecule is Cc1nn([C@@H]2CCS(=O)(=O)C2)c(C)c1CN(C)C(=S)Nc1ccccc1F. The molecule has 2 heterocycles. The van der Waals surface area contributed by atoms with Gasteiger partial charge in [0.15, 0.2) is 14.9 Å². The molecule has 0 radical (unpaired) electrons. The zero-order chi connectivity index (χ0) is 19.8. The zero-order valence-corrected chi connectivity index (χ0v) is 17.2. The van der Waals surface area contributed by atoms with Gasteiger partial charge in [-0.3, -0.25) is 4.68 Å². The van der Waals surface area contributed by atoms with Gasteiger partial charge in [-0.15, -0.1) is 0 Å². The van der Waals surface area contributed by atoms with E-state index in [9.17, 15) is 12.8 Å². The molecule has 1 saturated heterocycles. The summed E-state index contributed by atoms with van der Waals surface area (Å²) in [5, 5.41) is 7.89. The molecule has 1 aromatic heterocycles. The van der Waals surface area contributed by atoms with Gasteiger partial charge in [0.25, 0.3) is 0 Å². The number of hydrogen-bond donors (Lipinski definition) is 1. The Labute approximate surface area is 164 Å². The van der Waals surface area contributed by atoms with Gasteiger partial charge in [-0.25, -0.2) is 12.8 Å². The van der Waals surface area contributed by atoms with Crippen LogP contribution in [-0.4, -0.2) is 46.8 Å². The van der Waals surface area contributed by atoms with Crippen LogP contribution in [0.15, 0.2) is 24.3 Å². The van der Waals surface area contributed by atoms with Gasteiger partial charge >= 0.3 is 0 Å². The van der Waals surface area contributed by atoms with E-state index < -0.39 is 9.84 Å². The molecule has 1 aliphatic rings. The van der Waals surface area contributed by atoms with Gasteiger partial charge in [0.2, 0.25) is 0 Å². The molecule has 0 amide bonds. The van der Waals surface area contributed by atoms with Crippen molar-refractivity contribution in [3.05, 3.63) is 47.0 Å². The van der Waals surface area contributed by atoms with Crippen molar-refractivity contribution in [1.82, 2.24) is 14.7 Å². The van der Waals surface area contributed by atoms with Crippen molar-refractivity contribution in [2.45, 2.75) is 32.9 Å². The molecule has 6 nitrogen and oxygen atoms in total. The number of hydrogen-bond acceptors (Lipinski definition) is 4. The number of nitrogens with one attached hydrogen (secondary N) is 1. The predicted molar refractivity (Wildman–Crippen MR) is 108 cm³/mol. The van der Waals surface area contributed by atoms with E-state index in [2.05, 4.69) is 10.4 Å². The molecule has 1 aromatic carbocycles. The maximum atomic E-state index is 13.8. The third-order valence-corrected chi connectivity index (χ3v) is 7.05. The first kappa shape index (κ1) is 19.8. The summed E-state index contributed by atoms with van der Waals surface area (Å²) < 4.78 is 39.2. The molecule has 3 rings (SSSR count). The third-order valence-electron chi connectivity index (χ3n) is 4.89.